The van der Waals surface area contributed by atoms with Gasteiger partial charge in [0.05, 0.1) is 6.07 Å². The highest BCUT2D eigenvalue weighted by molar-refractivity contribution is 7.11. The zero-order valence-corrected chi connectivity index (χ0v) is 6.81. The van der Waals surface area contributed by atoms with Gasteiger partial charge in [-0.15, -0.1) is 11.3 Å². The summed E-state index contributed by atoms with van der Waals surface area (Å²) in [5.74, 6) is -0.189. The van der Waals surface area contributed by atoms with E-state index in [4.69, 9.17) is 5.26 Å². The van der Waals surface area contributed by atoms with Gasteiger partial charge in [0.25, 0.3) is 0 Å². The first-order valence-electron chi connectivity index (χ1n) is 3.06. The minimum atomic E-state index is -0.189. The second-order valence-corrected chi connectivity index (χ2v) is 2.91. The second-order valence-electron chi connectivity index (χ2n) is 2.05. The largest absolute Gasteiger partial charge is 0.290 e. The molecule has 0 aliphatic heterocycles. The van der Waals surface area contributed by atoms with Gasteiger partial charge in [-0.05, 0) is 6.92 Å². The van der Waals surface area contributed by atoms with Crippen LogP contribution in [-0.2, 0) is 0 Å². The number of thiazole rings is 1. The molecule has 0 unspecified atom stereocenters. The van der Waals surface area contributed by atoms with Crippen molar-refractivity contribution < 1.29 is 4.79 Å². The third-order valence-corrected chi connectivity index (χ3v) is 2.10. The van der Waals surface area contributed by atoms with E-state index in [1.54, 1.807) is 11.4 Å². The number of hydrogen-bond donors (Lipinski definition) is 0. The molecule has 0 bridgehead atoms. The molecular weight excluding hydrogens is 160 g/mol. The molecule has 0 amide bonds. The van der Waals surface area contributed by atoms with Crippen molar-refractivity contribution in [2.75, 3.05) is 0 Å². The van der Waals surface area contributed by atoms with Gasteiger partial charge in [-0.3, -0.25) is 4.79 Å². The average Bonchev–Trinajstić information content (AvgIpc) is 2.36. The van der Waals surface area contributed by atoms with Crippen LogP contribution in [-0.4, -0.2) is 10.8 Å². The van der Waals surface area contributed by atoms with Gasteiger partial charge in [0, 0.05) is 11.1 Å². The fourth-order valence-electron chi connectivity index (χ4n) is 0.629. The lowest BCUT2D eigenvalue weighted by Gasteiger charge is -1.84. The van der Waals surface area contributed by atoms with Crippen molar-refractivity contribution in [3.05, 3.63) is 16.1 Å². The number of Topliss-reactive ketones (excluding diaryl/α,β-unsaturated/α-hetero) is 1. The minimum Gasteiger partial charge on any atom is -0.290 e. The summed E-state index contributed by atoms with van der Waals surface area (Å²) in [5.41, 5.74) is 0.830. The van der Waals surface area contributed by atoms with Gasteiger partial charge in [0.2, 0.25) is 5.78 Å². The number of nitrogens with zero attached hydrogens (tertiary/aromatic N) is 2. The number of carbonyl (C=O) groups excluding carboxylic acids is 1. The molecule has 0 N–H and O–H groups in total. The van der Waals surface area contributed by atoms with Crippen LogP contribution < -0.4 is 0 Å². The van der Waals surface area contributed by atoms with Gasteiger partial charge in [0.15, 0.2) is 5.01 Å². The predicted molar refractivity (Wildman–Crippen MR) is 41.4 cm³/mol. The lowest BCUT2D eigenvalue weighted by Crippen LogP contribution is -1.95. The molecule has 0 aliphatic rings. The highest BCUT2D eigenvalue weighted by atomic mass is 32.1. The van der Waals surface area contributed by atoms with Crippen molar-refractivity contribution in [1.29, 1.82) is 5.26 Å². The quantitative estimate of drug-likeness (QED) is 0.626. The molecular formula is C7H6N2OS. The fourth-order valence-corrected chi connectivity index (χ4v) is 1.36. The second kappa shape index (κ2) is 3.26. The number of ketones is 1. The number of rotatable bonds is 2. The zero-order valence-electron chi connectivity index (χ0n) is 6.00. The number of aryl methyl sites for hydroxylation is 1. The van der Waals surface area contributed by atoms with Gasteiger partial charge < -0.3 is 0 Å². The van der Waals surface area contributed by atoms with Gasteiger partial charge in [-0.25, -0.2) is 4.98 Å². The van der Waals surface area contributed by atoms with E-state index < -0.39 is 0 Å². The normalized spacial score (nSPS) is 9.09. The molecule has 0 spiro atoms. The Kier molecular flexibility index (Phi) is 2.34. The molecule has 0 saturated carbocycles. The molecule has 0 aromatic carbocycles. The van der Waals surface area contributed by atoms with E-state index in [0.29, 0.717) is 5.01 Å². The average molecular weight is 166 g/mol. The summed E-state index contributed by atoms with van der Waals surface area (Å²) < 4.78 is 0. The third-order valence-electron chi connectivity index (χ3n) is 1.10. The zero-order chi connectivity index (χ0) is 8.27. The van der Waals surface area contributed by atoms with E-state index in [2.05, 4.69) is 4.98 Å². The van der Waals surface area contributed by atoms with Gasteiger partial charge >= 0.3 is 0 Å². The van der Waals surface area contributed by atoms with Crippen molar-refractivity contribution in [3.63, 3.8) is 0 Å². The van der Waals surface area contributed by atoms with E-state index in [-0.39, 0.29) is 12.2 Å². The summed E-state index contributed by atoms with van der Waals surface area (Å²) in [7, 11) is 0. The molecule has 0 fully saturated rings. The Bertz CT molecular complexity index is 310. The molecule has 1 heterocycles. The Morgan fingerprint density at radius 2 is 2.64 bits per heavy atom. The maximum atomic E-state index is 11.0. The molecule has 0 radical (unpaired) electrons. The molecule has 1 aromatic heterocycles. The van der Waals surface area contributed by atoms with Crippen LogP contribution in [0.3, 0.4) is 0 Å². The predicted octanol–water partition coefficient (Wildman–Crippen LogP) is 1.55. The molecule has 0 atom stereocenters. The summed E-state index contributed by atoms with van der Waals surface area (Å²) in [6.07, 6.45) is -0.0764. The molecule has 11 heavy (non-hydrogen) atoms. The maximum absolute atomic E-state index is 11.0. The molecule has 1 rings (SSSR count). The topological polar surface area (TPSA) is 53.8 Å². The highest BCUT2D eigenvalue weighted by Crippen LogP contribution is 2.10. The Hall–Kier alpha value is -1.21. The maximum Gasteiger partial charge on any atom is 0.205 e. The summed E-state index contributed by atoms with van der Waals surface area (Å²) >= 11 is 1.29. The number of aromatic nitrogens is 1. The Morgan fingerprint density at radius 1 is 1.91 bits per heavy atom. The van der Waals surface area contributed by atoms with Gasteiger partial charge in [-0.2, -0.15) is 5.26 Å². The monoisotopic (exact) mass is 166 g/mol. The summed E-state index contributed by atoms with van der Waals surface area (Å²) in [6, 6.07) is 1.79. The first-order chi connectivity index (χ1) is 5.24. The van der Waals surface area contributed by atoms with E-state index in [0.717, 1.165) is 5.69 Å². The lowest BCUT2D eigenvalue weighted by atomic mass is 10.3. The van der Waals surface area contributed by atoms with Crippen LogP contribution in [0.4, 0.5) is 0 Å². The van der Waals surface area contributed by atoms with Gasteiger partial charge in [0.1, 0.15) is 6.42 Å². The highest BCUT2D eigenvalue weighted by Gasteiger charge is 2.07. The Balaban J connectivity index is 2.78. The molecule has 0 saturated heterocycles. The summed E-state index contributed by atoms with van der Waals surface area (Å²) in [6.45, 7) is 1.82. The van der Waals surface area contributed by atoms with Crippen LogP contribution in [0.5, 0.6) is 0 Å². The van der Waals surface area contributed by atoms with E-state index in [1.807, 2.05) is 6.92 Å². The van der Waals surface area contributed by atoms with Crippen LogP contribution in [0.15, 0.2) is 5.38 Å². The van der Waals surface area contributed by atoms with Crippen molar-refractivity contribution in [3.8, 4) is 6.07 Å². The molecule has 1 aromatic rings. The molecule has 0 aliphatic carbocycles. The van der Waals surface area contributed by atoms with Gasteiger partial charge in [-0.1, -0.05) is 0 Å². The molecule has 56 valence electrons. The first-order valence-corrected chi connectivity index (χ1v) is 3.94. The van der Waals surface area contributed by atoms with Crippen molar-refractivity contribution in [2.45, 2.75) is 13.3 Å². The fraction of sp³-hybridized carbons (Fsp3) is 0.286. The van der Waals surface area contributed by atoms with E-state index in [9.17, 15) is 4.79 Å². The first kappa shape index (κ1) is 7.89. The SMILES string of the molecule is Cc1csc(C(=O)CC#N)n1. The van der Waals surface area contributed by atoms with Crippen LogP contribution >= 0.6 is 11.3 Å². The number of nitriles is 1. The van der Waals surface area contributed by atoms with Crippen LogP contribution in [0, 0.1) is 18.3 Å². The molecule has 3 nitrogen and oxygen atoms in total. The number of hydrogen-bond acceptors (Lipinski definition) is 4. The Labute approximate surface area is 68.3 Å². The van der Waals surface area contributed by atoms with Crippen molar-refractivity contribution in [1.82, 2.24) is 4.98 Å². The van der Waals surface area contributed by atoms with Crippen LogP contribution in [0.1, 0.15) is 21.9 Å². The van der Waals surface area contributed by atoms with Crippen molar-refractivity contribution >= 4 is 17.1 Å². The minimum absolute atomic E-state index is 0.0764. The standard InChI is InChI=1S/C7H6N2OS/c1-5-4-11-7(9-5)6(10)2-3-8/h4H,2H2,1H3. The molecule has 4 heteroatoms. The number of carbonyl (C=O) groups is 1. The summed E-state index contributed by atoms with van der Waals surface area (Å²) in [5, 5.41) is 10.4. The van der Waals surface area contributed by atoms with Crippen molar-refractivity contribution in [2.24, 2.45) is 0 Å². The van der Waals surface area contributed by atoms with E-state index in [1.165, 1.54) is 11.3 Å². The lowest BCUT2D eigenvalue weighted by molar-refractivity contribution is 0.0997. The summed E-state index contributed by atoms with van der Waals surface area (Å²) in [4.78, 5) is 14.9. The smallest absolute Gasteiger partial charge is 0.205 e. The van der Waals surface area contributed by atoms with Crippen LogP contribution in [0.25, 0.3) is 0 Å². The van der Waals surface area contributed by atoms with Crippen LogP contribution in [0.2, 0.25) is 0 Å². The third kappa shape index (κ3) is 1.85. The Morgan fingerprint density at radius 3 is 3.09 bits per heavy atom. The van der Waals surface area contributed by atoms with E-state index >= 15 is 0 Å².